The summed E-state index contributed by atoms with van der Waals surface area (Å²) in [5.74, 6) is -7.19. The zero-order valence-corrected chi connectivity index (χ0v) is 37.9. The number of aromatic hydroxyl groups is 2. The number of phenolic OH excluding ortho intramolecular Hbond substituents is 2. The molecule has 5 aromatic rings. The molecular weight excluding hydrogens is 901 g/mol. The fourth-order valence-corrected chi connectivity index (χ4v) is 13.2. The molecule has 2 aromatic heterocycles. The van der Waals surface area contributed by atoms with E-state index in [1.54, 1.807) is 24.5 Å². The fourth-order valence-electron chi connectivity index (χ4n) is 13.2. The van der Waals surface area contributed by atoms with E-state index in [9.17, 15) is 45.6 Å². The van der Waals surface area contributed by atoms with Crippen LogP contribution in [0.2, 0.25) is 0 Å². The molecule has 13 N–H and O–H groups in total. The van der Waals surface area contributed by atoms with Gasteiger partial charge in [-0.1, -0.05) is 42.5 Å². The minimum Gasteiger partial charge on any atom is -0.508 e. The van der Waals surface area contributed by atoms with Crippen molar-refractivity contribution in [2.45, 2.75) is 104 Å². The first-order valence-electron chi connectivity index (χ1n) is 23.8. The highest BCUT2D eigenvalue weighted by molar-refractivity contribution is 6.13. The van der Waals surface area contributed by atoms with Crippen LogP contribution in [-0.2, 0) is 26.2 Å². The number of carboxylic acids is 1. The molecule has 0 bridgehead atoms. The van der Waals surface area contributed by atoms with E-state index in [1.807, 2.05) is 36.5 Å². The second-order valence-electron chi connectivity index (χ2n) is 19.7. The van der Waals surface area contributed by atoms with Gasteiger partial charge in [0.1, 0.15) is 29.9 Å². The summed E-state index contributed by atoms with van der Waals surface area (Å²) in [6, 6.07) is 19.0. The van der Waals surface area contributed by atoms with E-state index >= 15 is 4.79 Å². The Morgan fingerprint density at radius 3 is 2.57 bits per heavy atom. The van der Waals surface area contributed by atoms with Crippen molar-refractivity contribution in [3.63, 3.8) is 0 Å². The van der Waals surface area contributed by atoms with E-state index in [0.29, 0.717) is 30.5 Å². The molecule has 0 radical (unpaired) electrons. The van der Waals surface area contributed by atoms with Gasteiger partial charge in [0.15, 0.2) is 23.1 Å². The van der Waals surface area contributed by atoms with Crippen LogP contribution in [0.15, 0.2) is 97.5 Å². The number of carbonyl (C=O) groups excluding carboxylic acids is 1. The van der Waals surface area contributed by atoms with E-state index in [-0.39, 0.29) is 40.8 Å². The van der Waals surface area contributed by atoms with Crippen molar-refractivity contribution in [2.75, 3.05) is 23.4 Å². The SMILES string of the molecule is N[C@H]1CC[C@H]2CCc3ccccc3[C@]21[C@@H]1C=C[C@]2(C(=O)O)[C@H]1c1cc(O)c(O[C@]3(O)O[C@H](CO)[C@@H](O)[C@H](O)[C@H]3O)cc1N2C(=O)/C=C/c1ccc(O)c([C@@H]2CC[C@@H](CNc3ccc[nH]3)c3nc[nH]c32)c1. The van der Waals surface area contributed by atoms with Crippen LogP contribution in [0.25, 0.3) is 6.08 Å². The van der Waals surface area contributed by atoms with Crippen LogP contribution in [0.3, 0.4) is 0 Å². The average molecular weight is 957 g/mol. The number of aryl methyl sites for hydroxylation is 1. The van der Waals surface area contributed by atoms with Gasteiger partial charge in [-0.2, -0.15) is 0 Å². The molecule has 4 heterocycles. The standard InChI is InChI=1S/C52H56N6O12/c53-40-15-12-29-11-9-27-4-1-2-5-33(27)51(29,40)34-17-18-50(49(66)67)43(34)32-21-37(61)38(69-52(68)48(65)47(64)46(63)39(24-59)70-52)22-35(32)58(50)42(62)16-8-26-7-14-36(60)31(20-26)30-13-10-28(44-45(30)57-25-56-44)23-55-41-6-3-19-54-41/h1-8,14,16-22,25,28-30,34,39-40,43,46-48,54-55,59-61,63-65,68H,9-13,15,23-24,53H2,(H,56,57)(H,66,67)/b16-8+/t28-,29+,30-,34+,39+,40-,43-,46+,47-,48+,50+,51-,52-/m0/s1. The van der Waals surface area contributed by atoms with Crippen molar-refractivity contribution in [1.82, 2.24) is 15.0 Å². The summed E-state index contributed by atoms with van der Waals surface area (Å²) >= 11 is 0. The molecule has 2 aliphatic heterocycles. The summed E-state index contributed by atoms with van der Waals surface area (Å²) in [6.07, 6.45) is 6.46. The third-order valence-electron chi connectivity index (χ3n) is 16.3. The lowest BCUT2D eigenvalue weighted by atomic mass is 9.54. The van der Waals surface area contributed by atoms with Crippen LogP contribution in [0.4, 0.5) is 11.5 Å². The van der Waals surface area contributed by atoms with Crippen molar-refractivity contribution in [3.8, 4) is 17.2 Å². The second kappa shape index (κ2) is 17.1. The summed E-state index contributed by atoms with van der Waals surface area (Å²) in [5, 5.41) is 91.4. The lowest BCUT2D eigenvalue weighted by Crippen LogP contribution is -2.67. The smallest absolute Gasteiger partial charge is 0.355 e. The highest BCUT2D eigenvalue weighted by Crippen LogP contribution is 2.67. The minimum absolute atomic E-state index is 0.00156. The van der Waals surface area contributed by atoms with Crippen LogP contribution in [-0.4, -0.2) is 123 Å². The van der Waals surface area contributed by atoms with E-state index in [4.69, 9.17) is 15.2 Å². The number of imidazole rings is 1. The number of H-pyrrole nitrogens is 2. The Morgan fingerprint density at radius 2 is 1.79 bits per heavy atom. The molecule has 1 saturated carbocycles. The Morgan fingerprint density at radius 1 is 0.957 bits per heavy atom. The predicted octanol–water partition coefficient (Wildman–Crippen LogP) is 3.54. The van der Waals surface area contributed by atoms with Crippen LogP contribution in [0.5, 0.6) is 17.2 Å². The number of aromatic nitrogens is 3. The van der Waals surface area contributed by atoms with Crippen molar-refractivity contribution >= 4 is 29.5 Å². The lowest BCUT2D eigenvalue weighted by molar-refractivity contribution is -0.422. The number of benzene rings is 3. The van der Waals surface area contributed by atoms with E-state index in [0.717, 1.165) is 58.9 Å². The number of phenols is 2. The number of aliphatic carboxylic acids is 1. The molecule has 3 aromatic carbocycles. The predicted molar refractivity (Wildman–Crippen MR) is 253 cm³/mol. The molecule has 11 rings (SSSR count). The summed E-state index contributed by atoms with van der Waals surface area (Å²) in [6.45, 7) is -0.244. The largest absolute Gasteiger partial charge is 0.508 e. The fraction of sp³-hybridized carbons (Fsp3) is 0.404. The minimum atomic E-state index is -3.14. The van der Waals surface area contributed by atoms with Gasteiger partial charge in [0.05, 0.1) is 24.3 Å². The molecule has 6 aliphatic rings. The topological polar surface area (TPSA) is 300 Å². The molecule has 70 heavy (non-hydrogen) atoms. The molecule has 0 unspecified atom stereocenters. The number of nitrogens with zero attached hydrogens (tertiary/aromatic N) is 2. The maximum absolute atomic E-state index is 15.2. The van der Waals surface area contributed by atoms with Crippen LogP contribution in [0, 0.1) is 11.8 Å². The number of aromatic amines is 2. The summed E-state index contributed by atoms with van der Waals surface area (Å²) in [5.41, 5.74) is 9.72. The zero-order valence-electron chi connectivity index (χ0n) is 37.9. The number of nitrogens with one attached hydrogen (secondary N) is 3. The lowest BCUT2D eigenvalue weighted by Gasteiger charge is -2.50. The monoisotopic (exact) mass is 956 g/mol. The molecule has 18 nitrogen and oxygen atoms in total. The summed E-state index contributed by atoms with van der Waals surface area (Å²) in [4.78, 5) is 41.7. The molecule has 18 heteroatoms. The summed E-state index contributed by atoms with van der Waals surface area (Å²) in [7, 11) is 0. The van der Waals surface area contributed by atoms with Gasteiger partial charge in [-0.15, -0.1) is 0 Å². The Balaban J connectivity index is 0.983. The van der Waals surface area contributed by atoms with E-state index in [2.05, 4.69) is 32.4 Å². The molecule has 1 amide bonds. The number of nitrogens with two attached hydrogens (primary N) is 1. The molecule has 1 saturated heterocycles. The molecule has 13 atom stereocenters. The van der Waals surface area contributed by atoms with Crippen molar-refractivity contribution in [3.05, 3.63) is 137 Å². The number of rotatable bonds is 11. The number of ether oxygens (including phenoxy) is 2. The Labute approximate surface area is 401 Å². The maximum Gasteiger partial charge on any atom is 0.355 e. The number of amides is 1. The van der Waals surface area contributed by atoms with Gasteiger partial charge < -0.3 is 71.3 Å². The number of carbonyl (C=O) groups is 2. The maximum atomic E-state index is 15.2. The van der Waals surface area contributed by atoms with Crippen LogP contribution in [0.1, 0.15) is 89.1 Å². The number of hydrogen-bond donors (Lipinski definition) is 12. The number of hydrogen-bond acceptors (Lipinski definition) is 14. The van der Waals surface area contributed by atoms with Crippen molar-refractivity contribution < 1.29 is 59.9 Å². The van der Waals surface area contributed by atoms with Gasteiger partial charge >= 0.3 is 11.9 Å². The first kappa shape index (κ1) is 45.9. The van der Waals surface area contributed by atoms with Crippen molar-refractivity contribution in [1.29, 1.82) is 0 Å². The Kier molecular flexibility index (Phi) is 11.2. The third-order valence-corrected chi connectivity index (χ3v) is 16.3. The molecule has 4 aliphatic carbocycles. The third kappa shape index (κ3) is 6.83. The normalized spacial score (nSPS) is 33.9. The van der Waals surface area contributed by atoms with Gasteiger partial charge in [0.2, 0.25) is 0 Å². The van der Waals surface area contributed by atoms with Gasteiger partial charge in [-0.25, -0.2) is 9.78 Å². The number of allylic oxidation sites excluding steroid dienone is 1. The highest BCUT2D eigenvalue weighted by Gasteiger charge is 2.69. The quantitative estimate of drug-likeness (QED) is 0.0512. The number of anilines is 2. The number of aliphatic hydroxyl groups excluding tert-OH is 4. The van der Waals surface area contributed by atoms with E-state index in [1.165, 1.54) is 30.4 Å². The van der Waals surface area contributed by atoms with Crippen LogP contribution < -0.4 is 20.7 Å². The first-order chi connectivity index (χ1) is 33.7. The van der Waals surface area contributed by atoms with Crippen LogP contribution >= 0.6 is 0 Å². The van der Waals surface area contributed by atoms with E-state index < -0.39 is 83.2 Å². The van der Waals surface area contributed by atoms with Gasteiger partial charge in [-0.05, 0) is 109 Å². The number of carboxylic acid groups (broad SMARTS) is 1. The van der Waals surface area contributed by atoms with Gasteiger partial charge in [0.25, 0.3) is 5.91 Å². The highest BCUT2D eigenvalue weighted by atomic mass is 16.8. The van der Waals surface area contributed by atoms with Gasteiger partial charge in [0, 0.05) is 65.4 Å². The molecular formula is C52H56N6O12. The zero-order chi connectivity index (χ0) is 48.9. The molecule has 366 valence electrons. The first-order valence-corrected chi connectivity index (χ1v) is 23.8. The van der Waals surface area contributed by atoms with Gasteiger partial charge in [-0.3, -0.25) is 9.69 Å². The molecule has 2 fully saturated rings. The number of aliphatic hydroxyl groups is 5. The summed E-state index contributed by atoms with van der Waals surface area (Å²) < 4.78 is 11.1. The Bertz CT molecular complexity index is 2900. The molecule has 0 spiro atoms. The average Bonchev–Trinajstić information content (AvgIpc) is 4.22. The second-order valence-corrected chi connectivity index (χ2v) is 19.7. The van der Waals surface area contributed by atoms with Crippen molar-refractivity contribution in [2.24, 2.45) is 17.6 Å². The number of fused-ring (bicyclic) bond motifs is 7. The Hall–Kier alpha value is -6.51.